The summed E-state index contributed by atoms with van der Waals surface area (Å²) in [4.78, 5) is 13.1. The van der Waals surface area contributed by atoms with Gasteiger partial charge in [-0.15, -0.1) is 0 Å². The number of benzene rings is 1. The van der Waals surface area contributed by atoms with Crippen molar-refractivity contribution in [3.05, 3.63) is 29.8 Å². The standard InChI is InChI=1S/C16H23NO3/c1-12-7-8-14(17(11-12)10-9-16(18)19)13-5-3-4-6-15(13)20-2/h3-6,12,14H,7-11H2,1-2H3,(H,18,19). The molecular weight excluding hydrogens is 254 g/mol. The van der Waals surface area contributed by atoms with E-state index in [2.05, 4.69) is 17.9 Å². The number of carboxylic acid groups (broad SMARTS) is 1. The van der Waals surface area contributed by atoms with E-state index in [9.17, 15) is 4.79 Å². The number of rotatable bonds is 5. The predicted octanol–water partition coefficient (Wildman–Crippen LogP) is 2.94. The maximum Gasteiger partial charge on any atom is 0.304 e. The van der Waals surface area contributed by atoms with Crippen LogP contribution in [0.15, 0.2) is 24.3 Å². The summed E-state index contributed by atoms with van der Waals surface area (Å²) in [6.45, 7) is 3.78. The van der Waals surface area contributed by atoms with E-state index in [0.717, 1.165) is 18.7 Å². The number of hydrogen-bond donors (Lipinski definition) is 1. The molecule has 0 aromatic heterocycles. The van der Waals surface area contributed by atoms with Crippen molar-refractivity contribution in [2.75, 3.05) is 20.2 Å². The highest BCUT2D eigenvalue weighted by Gasteiger charge is 2.29. The van der Waals surface area contributed by atoms with Crippen molar-refractivity contribution in [1.82, 2.24) is 4.90 Å². The lowest BCUT2D eigenvalue weighted by Crippen LogP contribution is -2.38. The maximum atomic E-state index is 10.8. The fourth-order valence-corrected chi connectivity index (χ4v) is 3.02. The van der Waals surface area contributed by atoms with Gasteiger partial charge in [0.1, 0.15) is 5.75 Å². The SMILES string of the molecule is COc1ccccc1C1CCC(C)CN1CCC(=O)O. The number of methoxy groups -OCH3 is 1. The van der Waals surface area contributed by atoms with Gasteiger partial charge in [0.25, 0.3) is 0 Å². The number of ether oxygens (including phenoxy) is 1. The third-order valence-electron chi connectivity index (χ3n) is 4.03. The first-order valence-corrected chi connectivity index (χ1v) is 7.20. The van der Waals surface area contributed by atoms with Gasteiger partial charge in [-0.1, -0.05) is 25.1 Å². The van der Waals surface area contributed by atoms with Crippen LogP contribution in [0.2, 0.25) is 0 Å². The molecule has 110 valence electrons. The highest BCUT2D eigenvalue weighted by molar-refractivity contribution is 5.66. The second-order valence-corrected chi connectivity index (χ2v) is 5.58. The highest BCUT2D eigenvalue weighted by Crippen LogP contribution is 2.37. The molecule has 0 radical (unpaired) electrons. The Morgan fingerprint density at radius 3 is 2.85 bits per heavy atom. The fraction of sp³-hybridized carbons (Fsp3) is 0.562. The van der Waals surface area contributed by atoms with E-state index >= 15 is 0 Å². The Hall–Kier alpha value is -1.55. The van der Waals surface area contributed by atoms with Crippen molar-refractivity contribution in [3.8, 4) is 5.75 Å². The Bertz CT molecular complexity index is 461. The van der Waals surface area contributed by atoms with Crippen LogP contribution in [0.4, 0.5) is 0 Å². The molecule has 1 aliphatic rings. The molecule has 1 N–H and O–H groups in total. The molecule has 1 fully saturated rings. The largest absolute Gasteiger partial charge is 0.496 e. The van der Waals surface area contributed by atoms with Gasteiger partial charge in [-0.2, -0.15) is 0 Å². The molecule has 1 aromatic carbocycles. The van der Waals surface area contributed by atoms with Crippen LogP contribution in [-0.2, 0) is 4.79 Å². The van der Waals surface area contributed by atoms with Crippen molar-refractivity contribution < 1.29 is 14.6 Å². The number of carboxylic acids is 1. The molecule has 0 amide bonds. The zero-order valence-corrected chi connectivity index (χ0v) is 12.2. The van der Waals surface area contributed by atoms with E-state index in [1.807, 2.05) is 18.2 Å². The van der Waals surface area contributed by atoms with Crippen LogP contribution >= 0.6 is 0 Å². The topological polar surface area (TPSA) is 49.8 Å². The Morgan fingerprint density at radius 1 is 1.40 bits per heavy atom. The monoisotopic (exact) mass is 277 g/mol. The first-order chi connectivity index (χ1) is 9.61. The molecule has 0 saturated carbocycles. The van der Waals surface area contributed by atoms with E-state index in [1.165, 1.54) is 12.0 Å². The maximum absolute atomic E-state index is 10.8. The van der Waals surface area contributed by atoms with E-state index in [4.69, 9.17) is 9.84 Å². The van der Waals surface area contributed by atoms with Gasteiger partial charge < -0.3 is 9.84 Å². The van der Waals surface area contributed by atoms with Crippen molar-refractivity contribution in [2.24, 2.45) is 5.92 Å². The molecule has 1 aromatic rings. The summed E-state index contributed by atoms with van der Waals surface area (Å²) in [5, 5.41) is 8.92. The average molecular weight is 277 g/mol. The lowest BCUT2D eigenvalue weighted by atomic mass is 9.89. The summed E-state index contributed by atoms with van der Waals surface area (Å²) in [7, 11) is 1.69. The van der Waals surface area contributed by atoms with Gasteiger partial charge in [0.2, 0.25) is 0 Å². The minimum atomic E-state index is -0.734. The first kappa shape index (κ1) is 14.9. The van der Waals surface area contributed by atoms with Crippen LogP contribution in [0.1, 0.15) is 37.8 Å². The Kier molecular flexibility index (Phi) is 5.01. The van der Waals surface area contributed by atoms with Gasteiger partial charge >= 0.3 is 5.97 Å². The quantitative estimate of drug-likeness (QED) is 0.899. The predicted molar refractivity (Wildman–Crippen MR) is 78.0 cm³/mol. The number of piperidine rings is 1. The molecule has 0 spiro atoms. The third-order valence-corrected chi connectivity index (χ3v) is 4.03. The van der Waals surface area contributed by atoms with Crippen LogP contribution in [0, 0.1) is 5.92 Å². The zero-order valence-electron chi connectivity index (χ0n) is 12.2. The second kappa shape index (κ2) is 6.75. The molecule has 1 saturated heterocycles. The van der Waals surface area contributed by atoms with Gasteiger partial charge in [-0.25, -0.2) is 0 Å². The Morgan fingerprint density at radius 2 is 2.15 bits per heavy atom. The van der Waals surface area contributed by atoms with Crippen molar-refractivity contribution in [2.45, 2.75) is 32.2 Å². The minimum Gasteiger partial charge on any atom is -0.496 e. The molecule has 2 unspecified atom stereocenters. The lowest BCUT2D eigenvalue weighted by Gasteiger charge is -2.39. The number of para-hydroxylation sites is 1. The smallest absolute Gasteiger partial charge is 0.304 e. The van der Waals surface area contributed by atoms with E-state index < -0.39 is 5.97 Å². The molecule has 1 aliphatic heterocycles. The second-order valence-electron chi connectivity index (χ2n) is 5.58. The molecular formula is C16H23NO3. The average Bonchev–Trinajstić information content (AvgIpc) is 2.45. The summed E-state index contributed by atoms with van der Waals surface area (Å²) >= 11 is 0. The van der Waals surface area contributed by atoms with Crippen LogP contribution in [0.5, 0.6) is 5.75 Å². The highest BCUT2D eigenvalue weighted by atomic mass is 16.5. The Labute approximate surface area is 120 Å². The van der Waals surface area contributed by atoms with Gasteiger partial charge in [0.05, 0.1) is 13.5 Å². The molecule has 2 atom stereocenters. The Balaban J connectivity index is 2.19. The van der Waals surface area contributed by atoms with Crippen LogP contribution < -0.4 is 4.74 Å². The minimum absolute atomic E-state index is 0.193. The summed E-state index contributed by atoms with van der Waals surface area (Å²) in [5.74, 6) is 0.782. The zero-order chi connectivity index (χ0) is 14.5. The molecule has 2 rings (SSSR count). The van der Waals surface area contributed by atoms with E-state index in [-0.39, 0.29) is 12.5 Å². The number of likely N-dealkylation sites (tertiary alicyclic amines) is 1. The molecule has 20 heavy (non-hydrogen) atoms. The first-order valence-electron chi connectivity index (χ1n) is 7.20. The van der Waals surface area contributed by atoms with Crippen LogP contribution in [0.3, 0.4) is 0 Å². The number of hydrogen-bond acceptors (Lipinski definition) is 3. The van der Waals surface area contributed by atoms with Crippen molar-refractivity contribution >= 4 is 5.97 Å². The molecule has 4 nitrogen and oxygen atoms in total. The molecule has 0 bridgehead atoms. The van der Waals surface area contributed by atoms with Gasteiger partial charge in [-0.05, 0) is 24.8 Å². The van der Waals surface area contributed by atoms with Crippen molar-refractivity contribution in [3.63, 3.8) is 0 Å². The normalized spacial score (nSPS) is 23.5. The van der Waals surface area contributed by atoms with Crippen LogP contribution in [-0.4, -0.2) is 36.2 Å². The van der Waals surface area contributed by atoms with Crippen LogP contribution in [0.25, 0.3) is 0 Å². The molecule has 1 heterocycles. The van der Waals surface area contributed by atoms with Gasteiger partial charge in [0.15, 0.2) is 0 Å². The number of aliphatic carboxylic acids is 1. The molecule has 0 aliphatic carbocycles. The summed E-state index contributed by atoms with van der Waals surface area (Å²) < 4.78 is 5.46. The van der Waals surface area contributed by atoms with E-state index in [0.29, 0.717) is 12.5 Å². The lowest BCUT2D eigenvalue weighted by molar-refractivity contribution is -0.137. The van der Waals surface area contributed by atoms with E-state index in [1.54, 1.807) is 7.11 Å². The van der Waals surface area contributed by atoms with Crippen molar-refractivity contribution in [1.29, 1.82) is 0 Å². The number of nitrogens with zero attached hydrogens (tertiary/aromatic N) is 1. The summed E-state index contributed by atoms with van der Waals surface area (Å²) in [5.41, 5.74) is 1.17. The molecule has 4 heteroatoms. The fourth-order valence-electron chi connectivity index (χ4n) is 3.02. The number of carbonyl (C=O) groups is 1. The summed E-state index contributed by atoms with van der Waals surface area (Å²) in [6, 6.07) is 8.32. The summed E-state index contributed by atoms with van der Waals surface area (Å²) in [6.07, 6.45) is 2.42. The van der Waals surface area contributed by atoms with Gasteiger partial charge in [0, 0.05) is 24.7 Å². The van der Waals surface area contributed by atoms with Gasteiger partial charge in [-0.3, -0.25) is 9.69 Å². The third kappa shape index (κ3) is 3.51.